The fraction of sp³-hybridized carbons (Fsp3) is 0.700. The molecule has 0 spiro atoms. The Morgan fingerprint density at radius 2 is 2.33 bits per heavy atom. The lowest BCUT2D eigenvalue weighted by atomic mass is 10.1. The highest BCUT2D eigenvalue weighted by Crippen LogP contribution is 2.31. The first-order valence-corrected chi connectivity index (χ1v) is 4.90. The molecule has 5 heteroatoms. The molecule has 5 nitrogen and oxygen atoms in total. The average Bonchev–Trinajstić information content (AvgIpc) is 3.09. The summed E-state index contributed by atoms with van der Waals surface area (Å²) in [6, 6.07) is 0. The van der Waals surface area contributed by atoms with Crippen LogP contribution in [0, 0.1) is 0 Å². The summed E-state index contributed by atoms with van der Waals surface area (Å²) in [4.78, 5) is 11.1. The Morgan fingerprint density at radius 1 is 1.60 bits per heavy atom. The summed E-state index contributed by atoms with van der Waals surface area (Å²) in [5.74, 6) is 0. The summed E-state index contributed by atoms with van der Waals surface area (Å²) in [5.41, 5.74) is -0.336. The third kappa shape index (κ3) is 3.21. The van der Waals surface area contributed by atoms with Gasteiger partial charge in [-0.2, -0.15) is 0 Å². The molecule has 2 aliphatic rings. The number of carbonyl (C=O) groups is 1. The predicted octanol–water partition coefficient (Wildman–Crippen LogP) is 0.883. The molecule has 2 unspecified atom stereocenters. The van der Waals surface area contributed by atoms with Crippen LogP contribution in [-0.4, -0.2) is 44.3 Å². The largest absolute Gasteiger partial charge is 0.508 e. The Bertz CT molecular complexity index is 255. The number of hydrogen-bond acceptors (Lipinski definition) is 5. The summed E-state index contributed by atoms with van der Waals surface area (Å²) in [7, 11) is 0. The summed E-state index contributed by atoms with van der Waals surface area (Å²) >= 11 is 0. The van der Waals surface area contributed by atoms with Crippen LogP contribution in [0.3, 0.4) is 0 Å². The lowest BCUT2D eigenvalue weighted by Gasteiger charge is -2.09. The molecule has 0 aromatic heterocycles. The van der Waals surface area contributed by atoms with Crippen LogP contribution >= 0.6 is 0 Å². The van der Waals surface area contributed by atoms with Gasteiger partial charge in [0, 0.05) is 0 Å². The number of carbonyl (C=O) groups excluding carboxylic acids is 1. The molecule has 0 aromatic carbocycles. The van der Waals surface area contributed by atoms with Crippen LogP contribution in [-0.2, 0) is 18.9 Å². The van der Waals surface area contributed by atoms with Crippen LogP contribution in [0.4, 0.5) is 4.79 Å². The summed E-state index contributed by atoms with van der Waals surface area (Å²) in [5, 5.41) is 0. The van der Waals surface area contributed by atoms with Gasteiger partial charge in [0.1, 0.15) is 24.9 Å². The molecule has 0 bridgehead atoms. The van der Waals surface area contributed by atoms with E-state index in [2.05, 4.69) is 6.58 Å². The molecule has 2 aliphatic heterocycles. The van der Waals surface area contributed by atoms with Gasteiger partial charge < -0.3 is 18.9 Å². The minimum Gasteiger partial charge on any atom is -0.431 e. The maximum absolute atomic E-state index is 11.1. The predicted molar refractivity (Wildman–Crippen MR) is 50.5 cm³/mol. The number of ether oxygens (including phenoxy) is 4. The summed E-state index contributed by atoms with van der Waals surface area (Å²) < 4.78 is 19.8. The first-order chi connectivity index (χ1) is 7.24. The van der Waals surface area contributed by atoms with Gasteiger partial charge in [0.25, 0.3) is 0 Å². The van der Waals surface area contributed by atoms with E-state index in [0.717, 1.165) is 0 Å². The molecular weight excluding hydrogens is 200 g/mol. The quantitative estimate of drug-likeness (QED) is 0.373. The van der Waals surface area contributed by atoms with Gasteiger partial charge in [-0.25, -0.2) is 4.79 Å². The Balaban J connectivity index is 1.59. The molecular formula is C10H14O5. The molecule has 0 radical (unpaired) electrons. The second-order valence-corrected chi connectivity index (χ2v) is 3.77. The van der Waals surface area contributed by atoms with Crippen molar-refractivity contribution >= 4 is 6.16 Å². The smallest absolute Gasteiger partial charge is 0.431 e. The molecule has 84 valence electrons. The maximum atomic E-state index is 11.1. The Labute approximate surface area is 87.9 Å². The van der Waals surface area contributed by atoms with Crippen molar-refractivity contribution in [3.63, 3.8) is 0 Å². The summed E-state index contributed by atoms with van der Waals surface area (Å²) in [6.45, 7) is 5.38. The van der Waals surface area contributed by atoms with Gasteiger partial charge in [-0.3, -0.25) is 0 Å². The van der Waals surface area contributed by atoms with Crippen molar-refractivity contribution in [3.8, 4) is 0 Å². The van der Waals surface area contributed by atoms with Crippen LogP contribution in [0.2, 0.25) is 0 Å². The van der Waals surface area contributed by atoms with E-state index in [1.54, 1.807) is 6.08 Å². The highest BCUT2D eigenvalue weighted by Gasteiger charge is 2.45. The van der Waals surface area contributed by atoms with E-state index in [1.165, 1.54) is 0 Å². The van der Waals surface area contributed by atoms with E-state index < -0.39 is 6.16 Å². The van der Waals surface area contributed by atoms with E-state index >= 15 is 0 Å². The Hall–Kier alpha value is -1.07. The zero-order valence-electron chi connectivity index (χ0n) is 8.44. The van der Waals surface area contributed by atoms with E-state index in [9.17, 15) is 4.79 Å². The Kier molecular flexibility index (Phi) is 2.93. The second-order valence-electron chi connectivity index (χ2n) is 3.77. The van der Waals surface area contributed by atoms with Crippen LogP contribution in [0.1, 0.15) is 6.42 Å². The van der Waals surface area contributed by atoms with Crippen LogP contribution in [0.5, 0.6) is 0 Å². The lowest BCUT2D eigenvalue weighted by molar-refractivity contribution is 0.0341. The normalized spacial score (nSPS) is 31.9. The lowest BCUT2D eigenvalue weighted by Crippen LogP contribution is -2.22. The fourth-order valence-electron chi connectivity index (χ4n) is 1.18. The van der Waals surface area contributed by atoms with Crippen molar-refractivity contribution in [1.82, 2.24) is 0 Å². The first kappa shape index (κ1) is 10.4. The molecule has 15 heavy (non-hydrogen) atoms. The molecule has 0 aromatic rings. The molecule has 0 saturated carbocycles. The van der Waals surface area contributed by atoms with E-state index in [4.69, 9.17) is 18.9 Å². The molecule has 2 fully saturated rings. The molecule has 2 atom stereocenters. The highest BCUT2D eigenvalue weighted by atomic mass is 16.7. The van der Waals surface area contributed by atoms with Crippen molar-refractivity contribution in [3.05, 3.63) is 12.7 Å². The fourth-order valence-corrected chi connectivity index (χ4v) is 1.18. The van der Waals surface area contributed by atoms with E-state index in [1.807, 2.05) is 0 Å². The van der Waals surface area contributed by atoms with Gasteiger partial charge in [0.15, 0.2) is 0 Å². The van der Waals surface area contributed by atoms with E-state index in [-0.39, 0.29) is 24.9 Å². The minimum atomic E-state index is -0.663. The molecule has 0 aliphatic carbocycles. The van der Waals surface area contributed by atoms with Crippen LogP contribution in [0.25, 0.3) is 0 Å². The molecule has 0 N–H and O–H groups in total. The highest BCUT2D eigenvalue weighted by molar-refractivity contribution is 5.60. The number of rotatable bonds is 6. The van der Waals surface area contributed by atoms with Crippen molar-refractivity contribution < 1.29 is 23.7 Å². The van der Waals surface area contributed by atoms with E-state index in [0.29, 0.717) is 19.6 Å². The van der Waals surface area contributed by atoms with Crippen molar-refractivity contribution in [2.75, 3.05) is 26.4 Å². The van der Waals surface area contributed by atoms with Crippen LogP contribution < -0.4 is 0 Å². The van der Waals surface area contributed by atoms with Crippen molar-refractivity contribution in [2.45, 2.75) is 18.1 Å². The van der Waals surface area contributed by atoms with Gasteiger partial charge in [-0.1, -0.05) is 6.08 Å². The third-order valence-electron chi connectivity index (χ3n) is 2.31. The van der Waals surface area contributed by atoms with Gasteiger partial charge in [-0.15, -0.1) is 6.58 Å². The number of hydrogen-bond donors (Lipinski definition) is 0. The topological polar surface area (TPSA) is 60.6 Å². The second kappa shape index (κ2) is 4.20. The van der Waals surface area contributed by atoms with Gasteiger partial charge in [0.05, 0.1) is 13.2 Å². The molecule has 2 rings (SSSR count). The van der Waals surface area contributed by atoms with Gasteiger partial charge in [-0.05, 0) is 6.42 Å². The maximum Gasteiger partial charge on any atom is 0.508 e. The average molecular weight is 214 g/mol. The molecule has 2 saturated heterocycles. The zero-order chi connectivity index (χ0) is 10.7. The summed E-state index contributed by atoms with van der Waals surface area (Å²) in [6.07, 6.45) is 1.84. The first-order valence-electron chi connectivity index (χ1n) is 4.90. The van der Waals surface area contributed by atoms with Crippen molar-refractivity contribution in [2.24, 2.45) is 0 Å². The zero-order valence-corrected chi connectivity index (χ0v) is 8.44. The van der Waals surface area contributed by atoms with Gasteiger partial charge in [0.2, 0.25) is 0 Å². The third-order valence-corrected chi connectivity index (χ3v) is 2.31. The standard InChI is InChI=1S/C10H14O5/c1-2-3-10(7-15-10)6-14-9(11)13-5-8-4-12-8/h2,8H,1,3-7H2. The molecule has 0 amide bonds. The van der Waals surface area contributed by atoms with Crippen LogP contribution in [0.15, 0.2) is 12.7 Å². The Morgan fingerprint density at radius 3 is 2.87 bits per heavy atom. The van der Waals surface area contributed by atoms with Crippen molar-refractivity contribution in [1.29, 1.82) is 0 Å². The number of epoxide rings is 2. The van der Waals surface area contributed by atoms with Gasteiger partial charge >= 0.3 is 6.16 Å². The minimum absolute atomic E-state index is 0.0665. The SMILES string of the molecule is C=CCC1(COC(=O)OCC2CO2)CO1. The molecule has 2 heterocycles. The monoisotopic (exact) mass is 214 g/mol.